The summed E-state index contributed by atoms with van der Waals surface area (Å²) in [5.41, 5.74) is 2.11. The molecule has 2 rings (SSSR count). The van der Waals surface area contributed by atoms with Gasteiger partial charge in [0.2, 0.25) is 0 Å². The van der Waals surface area contributed by atoms with Gasteiger partial charge in [-0.05, 0) is 24.3 Å². The Kier molecular flexibility index (Phi) is 4.26. The van der Waals surface area contributed by atoms with Crippen LogP contribution in [-0.2, 0) is 6.42 Å². The lowest BCUT2D eigenvalue weighted by Gasteiger charge is -1.98. The molecule has 0 aliphatic heterocycles. The van der Waals surface area contributed by atoms with E-state index in [1.165, 1.54) is 0 Å². The summed E-state index contributed by atoms with van der Waals surface area (Å²) >= 11 is 0. The molecule has 0 amide bonds. The van der Waals surface area contributed by atoms with Crippen LogP contribution in [0.4, 0.5) is 0 Å². The Bertz CT molecular complexity index is 324. The van der Waals surface area contributed by atoms with Crippen LogP contribution >= 0.6 is 17.0 Å². The van der Waals surface area contributed by atoms with Crippen LogP contribution in [0.5, 0.6) is 0 Å². The molecule has 0 bridgehead atoms. The average molecular weight is 251 g/mol. The second kappa shape index (κ2) is 5.50. The Labute approximate surface area is 93.8 Å². The molecule has 14 heavy (non-hydrogen) atoms. The number of pyridine rings is 2. The third-order valence-electron chi connectivity index (χ3n) is 1.81. The Hall–Kier alpha value is -1.22. The van der Waals surface area contributed by atoms with Crippen molar-refractivity contribution in [2.75, 3.05) is 0 Å². The molecule has 0 saturated heterocycles. The Balaban J connectivity index is 0.000000980. The smallest absolute Gasteiger partial charge is 0.0463 e. The van der Waals surface area contributed by atoms with Crippen LogP contribution in [0, 0.1) is 0 Å². The van der Waals surface area contributed by atoms with E-state index in [2.05, 4.69) is 9.97 Å². The van der Waals surface area contributed by atoms with E-state index < -0.39 is 0 Å². The highest BCUT2D eigenvalue weighted by Gasteiger charge is 1.95. The van der Waals surface area contributed by atoms with Gasteiger partial charge in [-0.1, -0.05) is 12.1 Å². The highest BCUT2D eigenvalue weighted by atomic mass is 79.9. The van der Waals surface area contributed by atoms with Gasteiger partial charge < -0.3 is 0 Å². The summed E-state index contributed by atoms with van der Waals surface area (Å²) in [5.74, 6) is 0. The molecular weight excluding hydrogens is 240 g/mol. The fraction of sp³-hybridized carbons (Fsp3) is 0.0909. The SMILES string of the molecule is Br.c1ccc(Cc2ccccn2)nc1. The number of halogens is 1. The highest BCUT2D eigenvalue weighted by Crippen LogP contribution is 2.02. The Morgan fingerprint density at radius 3 is 1.64 bits per heavy atom. The maximum absolute atomic E-state index is 4.23. The number of nitrogens with zero attached hydrogens (tertiary/aromatic N) is 2. The fourth-order valence-electron chi connectivity index (χ4n) is 1.19. The van der Waals surface area contributed by atoms with Crippen molar-refractivity contribution in [2.24, 2.45) is 0 Å². The van der Waals surface area contributed by atoms with E-state index in [0.717, 1.165) is 17.8 Å². The number of rotatable bonds is 2. The maximum Gasteiger partial charge on any atom is 0.0463 e. The summed E-state index contributed by atoms with van der Waals surface area (Å²) in [5, 5.41) is 0. The van der Waals surface area contributed by atoms with Gasteiger partial charge in [-0.2, -0.15) is 0 Å². The first kappa shape index (κ1) is 10.9. The molecule has 2 aromatic heterocycles. The molecule has 0 N–H and O–H groups in total. The van der Waals surface area contributed by atoms with E-state index >= 15 is 0 Å². The quantitative estimate of drug-likeness (QED) is 0.819. The van der Waals surface area contributed by atoms with Crippen LogP contribution in [0.2, 0.25) is 0 Å². The topological polar surface area (TPSA) is 25.8 Å². The molecule has 0 aliphatic carbocycles. The molecule has 0 spiro atoms. The zero-order valence-electron chi connectivity index (χ0n) is 7.63. The average Bonchev–Trinajstić information content (AvgIpc) is 2.21. The molecule has 0 aliphatic rings. The van der Waals surface area contributed by atoms with E-state index in [-0.39, 0.29) is 17.0 Å². The van der Waals surface area contributed by atoms with Gasteiger partial charge in [0.05, 0.1) is 0 Å². The lowest BCUT2D eigenvalue weighted by molar-refractivity contribution is 1.01. The Morgan fingerprint density at radius 1 is 0.786 bits per heavy atom. The predicted molar refractivity (Wildman–Crippen MR) is 61.6 cm³/mol. The van der Waals surface area contributed by atoms with Crippen molar-refractivity contribution in [1.82, 2.24) is 9.97 Å². The normalized spacial score (nSPS) is 9.14. The van der Waals surface area contributed by atoms with E-state index in [0.29, 0.717) is 0 Å². The van der Waals surface area contributed by atoms with Crippen molar-refractivity contribution in [1.29, 1.82) is 0 Å². The van der Waals surface area contributed by atoms with Crippen molar-refractivity contribution >= 4 is 17.0 Å². The molecule has 2 aromatic rings. The summed E-state index contributed by atoms with van der Waals surface area (Å²) in [6, 6.07) is 11.8. The Morgan fingerprint density at radius 2 is 1.29 bits per heavy atom. The van der Waals surface area contributed by atoms with Gasteiger partial charge in [0, 0.05) is 30.2 Å². The lowest BCUT2D eigenvalue weighted by atomic mass is 10.2. The second-order valence-electron chi connectivity index (χ2n) is 2.82. The van der Waals surface area contributed by atoms with Crippen molar-refractivity contribution in [3.8, 4) is 0 Å². The van der Waals surface area contributed by atoms with E-state index in [9.17, 15) is 0 Å². The molecule has 72 valence electrons. The molecular formula is C11H11BrN2. The summed E-state index contributed by atoms with van der Waals surface area (Å²) in [7, 11) is 0. The van der Waals surface area contributed by atoms with Crippen LogP contribution in [0.3, 0.4) is 0 Å². The lowest BCUT2D eigenvalue weighted by Crippen LogP contribution is -1.92. The number of hydrogen-bond acceptors (Lipinski definition) is 2. The van der Waals surface area contributed by atoms with Gasteiger partial charge in [-0.15, -0.1) is 17.0 Å². The third-order valence-corrected chi connectivity index (χ3v) is 1.81. The van der Waals surface area contributed by atoms with Crippen molar-refractivity contribution in [3.05, 3.63) is 60.2 Å². The van der Waals surface area contributed by atoms with Crippen LogP contribution < -0.4 is 0 Å². The minimum absolute atomic E-state index is 0. The highest BCUT2D eigenvalue weighted by molar-refractivity contribution is 8.93. The van der Waals surface area contributed by atoms with E-state index in [4.69, 9.17) is 0 Å². The van der Waals surface area contributed by atoms with Crippen LogP contribution in [-0.4, -0.2) is 9.97 Å². The fourth-order valence-corrected chi connectivity index (χ4v) is 1.19. The molecule has 0 radical (unpaired) electrons. The minimum atomic E-state index is 0. The van der Waals surface area contributed by atoms with Gasteiger partial charge in [0.25, 0.3) is 0 Å². The predicted octanol–water partition coefficient (Wildman–Crippen LogP) is 2.65. The summed E-state index contributed by atoms with van der Waals surface area (Å²) in [6.07, 6.45) is 4.41. The first-order chi connectivity index (χ1) is 6.45. The number of hydrogen-bond donors (Lipinski definition) is 0. The molecule has 2 nitrogen and oxygen atoms in total. The van der Waals surface area contributed by atoms with Crippen molar-refractivity contribution < 1.29 is 0 Å². The summed E-state index contributed by atoms with van der Waals surface area (Å²) in [6.45, 7) is 0. The van der Waals surface area contributed by atoms with Crippen LogP contribution in [0.25, 0.3) is 0 Å². The van der Waals surface area contributed by atoms with E-state index in [1.54, 1.807) is 12.4 Å². The monoisotopic (exact) mass is 250 g/mol. The van der Waals surface area contributed by atoms with Gasteiger partial charge in [0.1, 0.15) is 0 Å². The summed E-state index contributed by atoms with van der Waals surface area (Å²) < 4.78 is 0. The van der Waals surface area contributed by atoms with Crippen LogP contribution in [0.1, 0.15) is 11.4 Å². The number of aromatic nitrogens is 2. The molecule has 0 fully saturated rings. The summed E-state index contributed by atoms with van der Waals surface area (Å²) in [4.78, 5) is 8.47. The molecule has 3 heteroatoms. The molecule has 0 aromatic carbocycles. The van der Waals surface area contributed by atoms with Gasteiger partial charge in [-0.3, -0.25) is 9.97 Å². The van der Waals surface area contributed by atoms with Gasteiger partial charge in [0.15, 0.2) is 0 Å². The first-order valence-electron chi connectivity index (χ1n) is 4.25. The van der Waals surface area contributed by atoms with Crippen LogP contribution in [0.15, 0.2) is 48.8 Å². The van der Waals surface area contributed by atoms with Gasteiger partial charge >= 0.3 is 0 Å². The second-order valence-corrected chi connectivity index (χ2v) is 2.82. The third kappa shape index (κ3) is 2.92. The molecule has 0 unspecified atom stereocenters. The van der Waals surface area contributed by atoms with Gasteiger partial charge in [-0.25, -0.2) is 0 Å². The molecule has 0 atom stereocenters. The zero-order valence-corrected chi connectivity index (χ0v) is 9.34. The first-order valence-corrected chi connectivity index (χ1v) is 4.25. The maximum atomic E-state index is 4.23. The van der Waals surface area contributed by atoms with Crippen molar-refractivity contribution in [3.63, 3.8) is 0 Å². The molecule has 0 saturated carbocycles. The standard InChI is InChI=1S/C11H10N2.BrH/c1-3-7-12-10(5-1)9-11-6-2-4-8-13-11;/h1-8H,9H2;1H. The van der Waals surface area contributed by atoms with Crippen molar-refractivity contribution in [2.45, 2.75) is 6.42 Å². The largest absolute Gasteiger partial charge is 0.261 e. The zero-order chi connectivity index (χ0) is 8.93. The minimum Gasteiger partial charge on any atom is -0.261 e. The molecule has 2 heterocycles. The van der Waals surface area contributed by atoms with E-state index in [1.807, 2.05) is 36.4 Å².